The summed E-state index contributed by atoms with van der Waals surface area (Å²) in [6, 6.07) is 0. The van der Waals surface area contributed by atoms with Crippen molar-refractivity contribution in [3.05, 3.63) is 12.0 Å². The van der Waals surface area contributed by atoms with E-state index in [0.717, 1.165) is 30.8 Å². The van der Waals surface area contributed by atoms with Gasteiger partial charge in [-0.2, -0.15) is 0 Å². The maximum Gasteiger partial charge on any atom is 0.159 e. The van der Waals surface area contributed by atoms with Crippen LogP contribution in [-0.2, 0) is 6.42 Å². The molecular weight excluding hydrogens is 154 g/mol. The van der Waals surface area contributed by atoms with Gasteiger partial charge in [0.05, 0.1) is 11.9 Å². The van der Waals surface area contributed by atoms with E-state index in [9.17, 15) is 0 Å². The molecule has 0 spiro atoms. The van der Waals surface area contributed by atoms with E-state index in [1.807, 2.05) is 6.92 Å². The molecule has 0 aliphatic rings. The Bertz CT molecular complexity index is 222. The van der Waals surface area contributed by atoms with Crippen molar-refractivity contribution < 1.29 is 4.52 Å². The number of aryl methyl sites for hydroxylation is 1. The second-order valence-corrected chi connectivity index (χ2v) is 2.59. The van der Waals surface area contributed by atoms with Crippen molar-refractivity contribution in [2.45, 2.75) is 19.8 Å². The first kappa shape index (κ1) is 9.06. The molecule has 1 aromatic rings. The van der Waals surface area contributed by atoms with Crippen LogP contribution in [0.3, 0.4) is 0 Å². The molecular formula is C8H15N3O. The number of aromatic nitrogens is 1. The van der Waals surface area contributed by atoms with Gasteiger partial charge in [0.15, 0.2) is 5.76 Å². The van der Waals surface area contributed by atoms with Crippen LogP contribution in [0.1, 0.15) is 19.1 Å². The second kappa shape index (κ2) is 4.77. The minimum atomic E-state index is 0.708. The molecule has 1 aromatic heterocycles. The average Bonchev–Trinajstić information content (AvgIpc) is 2.52. The molecule has 1 heterocycles. The summed E-state index contributed by atoms with van der Waals surface area (Å²) in [7, 11) is 0. The number of hydrogen-bond donors (Lipinski definition) is 2. The number of hydrogen-bond acceptors (Lipinski definition) is 4. The molecule has 0 aliphatic heterocycles. The first-order valence-corrected chi connectivity index (χ1v) is 4.26. The Morgan fingerprint density at radius 3 is 3.17 bits per heavy atom. The van der Waals surface area contributed by atoms with Crippen molar-refractivity contribution in [3.63, 3.8) is 0 Å². The summed E-state index contributed by atoms with van der Waals surface area (Å²) in [5, 5.41) is 6.91. The molecule has 1 rings (SSSR count). The van der Waals surface area contributed by atoms with Crippen LogP contribution in [-0.4, -0.2) is 18.2 Å². The Morgan fingerprint density at radius 1 is 1.67 bits per heavy atom. The van der Waals surface area contributed by atoms with Crippen molar-refractivity contribution in [1.82, 2.24) is 5.16 Å². The lowest BCUT2D eigenvalue weighted by molar-refractivity contribution is 0.387. The Hall–Kier alpha value is -1.03. The van der Waals surface area contributed by atoms with Crippen molar-refractivity contribution in [2.75, 3.05) is 18.4 Å². The van der Waals surface area contributed by atoms with E-state index in [-0.39, 0.29) is 0 Å². The third-order valence-electron chi connectivity index (χ3n) is 1.66. The summed E-state index contributed by atoms with van der Waals surface area (Å²) >= 11 is 0. The Kier molecular flexibility index (Phi) is 3.60. The fourth-order valence-corrected chi connectivity index (χ4v) is 0.988. The van der Waals surface area contributed by atoms with Gasteiger partial charge < -0.3 is 15.6 Å². The van der Waals surface area contributed by atoms with Gasteiger partial charge in [0.2, 0.25) is 0 Å². The monoisotopic (exact) mass is 169 g/mol. The van der Waals surface area contributed by atoms with Crippen LogP contribution in [0.15, 0.2) is 10.7 Å². The van der Waals surface area contributed by atoms with E-state index in [1.54, 1.807) is 6.20 Å². The fraction of sp³-hybridized carbons (Fsp3) is 0.625. The van der Waals surface area contributed by atoms with Crippen LogP contribution in [0.4, 0.5) is 5.69 Å². The van der Waals surface area contributed by atoms with Crippen molar-refractivity contribution in [2.24, 2.45) is 5.73 Å². The van der Waals surface area contributed by atoms with Gasteiger partial charge in [0.25, 0.3) is 0 Å². The van der Waals surface area contributed by atoms with Crippen LogP contribution in [0.5, 0.6) is 0 Å². The van der Waals surface area contributed by atoms with Crippen molar-refractivity contribution in [3.8, 4) is 0 Å². The third-order valence-corrected chi connectivity index (χ3v) is 1.66. The fourth-order valence-electron chi connectivity index (χ4n) is 0.988. The predicted octanol–water partition coefficient (Wildman–Crippen LogP) is 0.998. The smallest absolute Gasteiger partial charge is 0.159 e. The minimum Gasteiger partial charge on any atom is -0.381 e. The average molecular weight is 169 g/mol. The number of nitrogens with zero attached hydrogens (tertiary/aromatic N) is 1. The lowest BCUT2D eigenvalue weighted by atomic mass is 10.3. The van der Waals surface area contributed by atoms with Crippen LogP contribution >= 0.6 is 0 Å². The lowest BCUT2D eigenvalue weighted by Crippen LogP contribution is -2.08. The number of rotatable bonds is 5. The van der Waals surface area contributed by atoms with E-state index in [0.29, 0.717) is 6.54 Å². The Balaban J connectivity index is 2.39. The number of nitrogens with one attached hydrogen (secondary N) is 1. The lowest BCUT2D eigenvalue weighted by Gasteiger charge is -2.01. The van der Waals surface area contributed by atoms with Crippen LogP contribution < -0.4 is 11.1 Å². The molecule has 0 bridgehead atoms. The van der Waals surface area contributed by atoms with E-state index in [4.69, 9.17) is 10.3 Å². The third kappa shape index (κ3) is 2.23. The molecule has 0 amide bonds. The summed E-state index contributed by atoms with van der Waals surface area (Å²) in [6.07, 6.45) is 3.54. The molecule has 4 heteroatoms. The van der Waals surface area contributed by atoms with Gasteiger partial charge in [-0.25, -0.2) is 0 Å². The standard InChI is InChI=1S/C8H15N3O/c1-2-8-7(6-11-12-8)10-5-3-4-9/h6,10H,2-5,9H2,1H3. The van der Waals surface area contributed by atoms with Gasteiger partial charge in [-0.1, -0.05) is 12.1 Å². The van der Waals surface area contributed by atoms with Crippen molar-refractivity contribution >= 4 is 5.69 Å². The van der Waals surface area contributed by atoms with Gasteiger partial charge in [-0.05, 0) is 13.0 Å². The zero-order valence-corrected chi connectivity index (χ0v) is 7.34. The first-order valence-electron chi connectivity index (χ1n) is 4.26. The molecule has 12 heavy (non-hydrogen) atoms. The molecule has 0 radical (unpaired) electrons. The normalized spacial score (nSPS) is 10.2. The van der Waals surface area contributed by atoms with Crippen LogP contribution in [0.2, 0.25) is 0 Å². The van der Waals surface area contributed by atoms with E-state index in [2.05, 4.69) is 10.5 Å². The number of anilines is 1. The maximum atomic E-state index is 5.36. The summed E-state index contributed by atoms with van der Waals surface area (Å²) in [5.41, 5.74) is 6.35. The van der Waals surface area contributed by atoms with Gasteiger partial charge in [-0.3, -0.25) is 0 Å². The topological polar surface area (TPSA) is 64.1 Å². The molecule has 0 saturated heterocycles. The van der Waals surface area contributed by atoms with Gasteiger partial charge in [0.1, 0.15) is 0 Å². The van der Waals surface area contributed by atoms with Gasteiger partial charge in [0, 0.05) is 13.0 Å². The molecule has 3 N–H and O–H groups in total. The van der Waals surface area contributed by atoms with Crippen LogP contribution in [0, 0.1) is 0 Å². The van der Waals surface area contributed by atoms with Gasteiger partial charge in [-0.15, -0.1) is 0 Å². The molecule has 0 aliphatic carbocycles. The molecule has 68 valence electrons. The molecule has 4 nitrogen and oxygen atoms in total. The molecule has 0 saturated carbocycles. The van der Waals surface area contributed by atoms with Crippen molar-refractivity contribution in [1.29, 1.82) is 0 Å². The zero-order valence-electron chi connectivity index (χ0n) is 7.34. The van der Waals surface area contributed by atoms with Gasteiger partial charge >= 0.3 is 0 Å². The quantitative estimate of drug-likeness (QED) is 0.645. The highest BCUT2D eigenvalue weighted by Crippen LogP contribution is 2.14. The number of nitrogens with two attached hydrogens (primary N) is 1. The molecule has 0 unspecified atom stereocenters. The highest BCUT2D eigenvalue weighted by atomic mass is 16.5. The Morgan fingerprint density at radius 2 is 2.50 bits per heavy atom. The summed E-state index contributed by atoms with van der Waals surface area (Å²) < 4.78 is 5.00. The largest absolute Gasteiger partial charge is 0.381 e. The van der Waals surface area contributed by atoms with E-state index >= 15 is 0 Å². The minimum absolute atomic E-state index is 0.708. The second-order valence-electron chi connectivity index (χ2n) is 2.59. The van der Waals surface area contributed by atoms with Crippen LogP contribution in [0.25, 0.3) is 0 Å². The molecule has 0 aromatic carbocycles. The summed E-state index contributed by atoms with van der Waals surface area (Å²) in [4.78, 5) is 0. The molecule has 0 atom stereocenters. The van der Waals surface area contributed by atoms with E-state index < -0.39 is 0 Å². The Labute approximate surface area is 72.1 Å². The summed E-state index contributed by atoms with van der Waals surface area (Å²) in [6.45, 7) is 3.62. The SMILES string of the molecule is CCc1oncc1NCCCN. The highest BCUT2D eigenvalue weighted by molar-refractivity contribution is 5.43. The summed E-state index contributed by atoms with van der Waals surface area (Å²) in [5.74, 6) is 0.909. The molecule has 0 fully saturated rings. The highest BCUT2D eigenvalue weighted by Gasteiger charge is 2.03. The maximum absolute atomic E-state index is 5.36. The zero-order chi connectivity index (χ0) is 8.81. The first-order chi connectivity index (χ1) is 5.88. The predicted molar refractivity (Wildman–Crippen MR) is 48.0 cm³/mol. The van der Waals surface area contributed by atoms with E-state index in [1.165, 1.54) is 0 Å².